The predicted molar refractivity (Wildman–Crippen MR) is 84.4 cm³/mol. The Hall–Kier alpha value is -1.11. The molecule has 0 aliphatic carbocycles. The largest absolute Gasteiger partial charge is 0.308 e. The molecule has 116 valence electrons. The van der Waals surface area contributed by atoms with Gasteiger partial charge in [-0.15, -0.1) is 0 Å². The molecule has 0 bridgehead atoms. The molecule has 2 aliphatic rings. The van der Waals surface area contributed by atoms with Crippen LogP contribution in [0.2, 0.25) is 0 Å². The first-order valence-corrected chi connectivity index (χ1v) is 9.08. The van der Waals surface area contributed by atoms with E-state index in [4.69, 9.17) is 0 Å². The van der Waals surface area contributed by atoms with E-state index >= 15 is 0 Å². The summed E-state index contributed by atoms with van der Waals surface area (Å²) in [6, 6.07) is 7.92. The molecule has 1 N–H and O–H groups in total. The molecule has 1 aromatic rings. The van der Waals surface area contributed by atoms with Gasteiger partial charge in [0.05, 0.1) is 12.2 Å². The van der Waals surface area contributed by atoms with E-state index in [0.29, 0.717) is 26.2 Å². The molecule has 5 nitrogen and oxygen atoms in total. The van der Waals surface area contributed by atoms with Crippen LogP contribution in [0.1, 0.15) is 31.7 Å². The van der Waals surface area contributed by atoms with Gasteiger partial charge in [-0.1, -0.05) is 24.6 Å². The zero-order valence-electron chi connectivity index (χ0n) is 12.5. The van der Waals surface area contributed by atoms with Crippen LogP contribution in [0.5, 0.6) is 0 Å². The fraction of sp³-hybridized carbons (Fsp3) is 0.600. The van der Waals surface area contributed by atoms with Crippen molar-refractivity contribution in [2.75, 3.05) is 23.9 Å². The summed E-state index contributed by atoms with van der Waals surface area (Å²) < 4.78 is 29.3. The first-order chi connectivity index (χ1) is 10.1. The van der Waals surface area contributed by atoms with Gasteiger partial charge in [0.15, 0.2) is 0 Å². The zero-order valence-corrected chi connectivity index (χ0v) is 13.3. The molecule has 1 fully saturated rings. The second-order valence-electron chi connectivity index (χ2n) is 5.91. The van der Waals surface area contributed by atoms with Gasteiger partial charge in [-0.3, -0.25) is 4.31 Å². The lowest BCUT2D eigenvalue weighted by Gasteiger charge is -2.34. The van der Waals surface area contributed by atoms with E-state index in [2.05, 4.69) is 5.32 Å². The second kappa shape index (κ2) is 5.94. The topological polar surface area (TPSA) is 52.7 Å². The van der Waals surface area contributed by atoms with Crippen LogP contribution in [-0.4, -0.2) is 38.4 Å². The zero-order chi connectivity index (χ0) is 14.9. The smallest absolute Gasteiger partial charge is 0.304 e. The number of anilines is 1. The molecule has 2 aliphatic heterocycles. The number of nitrogens with zero attached hydrogens (tertiary/aromatic N) is 2. The lowest BCUT2D eigenvalue weighted by atomic mass is 10.2. The van der Waals surface area contributed by atoms with E-state index in [1.165, 1.54) is 0 Å². The van der Waals surface area contributed by atoms with Gasteiger partial charge in [0.25, 0.3) is 0 Å². The highest BCUT2D eigenvalue weighted by Crippen LogP contribution is 2.28. The summed E-state index contributed by atoms with van der Waals surface area (Å²) in [4.78, 5) is 0. The third-order valence-corrected chi connectivity index (χ3v) is 6.18. The maximum atomic E-state index is 13.0. The summed E-state index contributed by atoms with van der Waals surface area (Å²) in [7, 11) is -3.43. The molecule has 0 saturated carbocycles. The minimum absolute atomic E-state index is 0.136. The summed E-state index contributed by atoms with van der Waals surface area (Å²) in [6.07, 6.45) is 3.05. The molecule has 1 saturated heterocycles. The van der Waals surface area contributed by atoms with Crippen molar-refractivity contribution in [2.45, 2.75) is 38.8 Å². The van der Waals surface area contributed by atoms with Crippen LogP contribution in [0, 0.1) is 0 Å². The molecule has 0 amide bonds. The minimum atomic E-state index is -3.43. The van der Waals surface area contributed by atoms with E-state index in [0.717, 1.165) is 30.5 Å². The number of rotatable bonds is 2. The van der Waals surface area contributed by atoms with Crippen molar-refractivity contribution in [3.63, 3.8) is 0 Å². The lowest BCUT2D eigenvalue weighted by molar-refractivity contribution is 0.344. The maximum Gasteiger partial charge on any atom is 0.304 e. The van der Waals surface area contributed by atoms with Gasteiger partial charge >= 0.3 is 10.2 Å². The Morgan fingerprint density at radius 2 is 1.86 bits per heavy atom. The number of benzene rings is 1. The van der Waals surface area contributed by atoms with Gasteiger partial charge in [0, 0.05) is 25.7 Å². The van der Waals surface area contributed by atoms with Crippen LogP contribution in [0.25, 0.3) is 0 Å². The van der Waals surface area contributed by atoms with Gasteiger partial charge in [-0.05, 0) is 31.4 Å². The SMILES string of the molecule is CC1CN(S(=O)(=O)N2CCCCC2)c2ccccc2CN1. The predicted octanol–water partition coefficient (Wildman–Crippen LogP) is 1.72. The van der Waals surface area contributed by atoms with Crippen LogP contribution >= 0.6 is 0 Å². The number of hydrogen-bond donors (Lipinski definition) is 1. The fourth-order valence-corrected chi connectivity index (χ4v) is 4.89. The Labute approximate surface area is 127 Å². The summed E-state index contributed by atoms with van der Waals surface area (Å²) in [5.74, 6) is 0. The molecule has 3 rings (SSSR count). The van der Waals surface area contributed by atoms with Crippen molar-refractivity contribution in [2.24, 2.45) is 0 Å². The van der Waals surface area contributed by atoms with Crippen LogP contribution in [0.15, 0.2) is 24.3 Å². The average molecular weight is 309 g/mol. The molecule has 0 radical (unpaired) electrons. The molecule has 2 heterocycles. The molecule has 1 atom stereocenters. The molecule has 0 aromatic heterocycles. The van der Waals surface area contributed by atoms with Gasteiger partial charge in [0.2, 0.25) is 0 Å². The highest BCUT2D eigenvalue weighted by atomic mass is 32.2. The van der Waals surface area contributed by atoms with Crippen LogP contribution in [0.4, 0.5) is 5.69 Å². The standard InChI is InChI=1S/C15H23N3O2S/c1-13-12-18(15-8-4-3-7-14(15)11-16-13)21(19,20)17-9-5-2-6-10-17/h3-4,7-8,13,16H,2,5-6,9-12H2,1H3. The highest BCUT2D eigenvalue weighted by molar-refractivity contribution is 7.90. The Kier molecular flexibility index (Phi) is 4.19. The summed E-state index contributed by atoms with van der Waals surface area (Å²) in [6.45, 7) is 4.51. The van der Waals surface area contributed by atoms with E-state index in [-0.39, 0.29) is 6.04 Å². The van der Waals surface area contributed by atoms with Crippen LogP contribution in [-0.2, 0) is 16.8 Å². The maximum absolute atomic E-state index is 13.0. The average Bonchev–Trinajstić information content (AvgIpc) is 2.68. The second-order valence-corrected chi connectivity index (χ2v) is 7.76. The van der Waals surface area contributed by atoms with E-state index < -0.39 is 10.2 Å². The van der Waals surface area contributed by atoms with Crippen molar-refractivity contribution in [3.05, 3.63) is 29.8 Å². The quantitative estimate of drug-likeness (QED) is 0.905. The Morgan fingerprint density at radius 3 is 2.62 bits per heavy atom. The highest BCUT2D eigenvalue weighted by Gasteiger charge is 2.34. The van der Waals surface area contributed by atoms with Crippen molar-refractivity contribution < 1.29 is 8.42 Å². The molecular formula is C15H23N3O2S. The van der Waals surface area contributed by atoms with Crippen molar-refractivity contribution in [3.8, 4) is 0 Å². The Balaban J connectivity index is 1.98. The lowest BCUT2D eigenvalue weighted by Crippen LogP contribution is -2.49. The number of hydrogen-bond acceptors (Lipinski definition) is 3. The summed E-state index contributed by atoms with van der Waals surface area (Å²) in [5.41, 5.74) is 1.86. The monoisotopic (exact) mass is 309 g/mol. The van der Waals surface area contributed by atoms with Crippen molar-refractivity contribution in [1.29, 1.82) is 0 Å². The van der Waals surface area contributed by atoms with Gasteiger partial charge in [-0.25, -0.2) is 0 Å². The molecule has 6 heteroatoms. The number of piperidine rings is 1. The molecule has 1 aromatic carbocycles. The van der Waals surface area contributed by atoms with Crippen LogP contribution < -0.4 is 9.62 Å². The number of para-hydroxylation sites is 1. The fourth-order valence-electron chi connectivity index (χ4n) is 3.05. The van der Waals surface area contributed by atoms with E-state index in [1.807, 2.05) is 31.2 Å². The Morgan fingerprint density at radius 1 is 1.14 bits per heavy atom. The van der Waals surface area contributed by atoms with Crippen molar-refractivity contribution >= 4 is 15.9 Å². The van der Waals surface area contributed by atoms with Gasteiger partial charge < -0.3 is 5.32 Å². The normalized spacial score (nSPS) is 24.4. The number of fused-ring (bicyclic) bond motifs is 1. The first kappa shape index (κ1) is 14.8. The molecular weight excluding hydrogens is 286 g/mol. The summed E-state index contributed by atoms with van der Waals surface area (Å²) >= 11 is 0. The van der Waals surface area contributed by atoms with E-state index in [1.54, 1.807) is 8.61 Å². The van der Waals surface area contributed by atoms with Gasteiger partial charge in [-0.2, -0.15) is 12.7 Å². The first-order valence-electron chi connectivity index (χ1n) is 7.68. The summed E-state index contributed by atoms with van der Waals surface area (Å²) in [5, 5.41) is 3.38. The van der Waals surface area contributed by atoms with E-state index in [9.17, 15) is 8.42 Å². The third kappa shape index (κ3) is 2.93. The van der Waals surface area contributed by atoms with Gasteiger partial charge in [0.1, 0.15) is 0 Å². The molecule has 0 spiro atoms. The molecule has 21 heavy (non-hydrogen) atoms. The Bertz CT molecular complexity index is 597. The third-order valence-electron chi connectivity index (χ3n) is 4.26. The van der Waals surface area contributed by atoms with Crippen molar-refractivity contribution in [1.82, 2.24) is 9.62 Å². The minimum Gasteiger partial charge on any atom is -0.308 e. The molecule has 1 unspecified atom stereocenters. The number of nitrogens with one attached hydrogen (secondary N) is 1. The van der Waals surface area contributed by atoms with Crippen LogP contribution in [0.3, 0.4) is 0 Å².